The van der Waals surface area contributed by atoms with Crippen molar-refractivity contribution >= 4 is 33.0 Å². The smallest absolute Gasteiger partial charge is 0.0976 e. The molecule has 0 radical (unpaired) electrons. The van der Waals surface area contributed by atoms with Crippen molar-refractivity contribution in [2.75, 3.05) is 5.73 Å². The van der Waals surface area contributed by atoms with Crippen LogP contribution in [0.5, 0.6) is 0 Å². The summed E-state index contributed by atoms with van der Waals surface area (Å²) in [5.74, 6) is 0. The number of aromatic nitrogens is 1. The van der Waals surface area contributed by atoms with Gasteiger partial charge in [-0.2, -0.15) is 0 Å². The molecule has 1 heterocycles. The molecule has 2 aromatic carbocycles. The Morgan fingerprint density at radius 1 is 1.10 bits per heavy atom. The van der Waals surface area contributed by atoms with Crippen LogP contribution in [0, 0.1) is 0 Å². The Balaban J connectivity index is 1.82. The summed E-state index contributed by atoms with van der Waals surface area (Å²) >= 11 is 5.19. The van der Waals surface area contributed by atoms with E-state index in [1.807, 2.05) is 36.4 Å². The fourth-order valence-electron chi connectivity index (χ4n) is 2.00. The van der Waals surface area contributed by atoms with Crippen molar-refractivity contribution in [2.24, 2.45) is 0 Å². The van der Waals surface area contributed by atoms with Crippen LogP contribution in [0.1, 0.15) is 10.6 Å². The molecule has 2 N–H and O–H groups in total. The number of nitrogens with two attached hydrogens (primary N) is 1. The van der Waals surface area contributed by atoms with Gasteiger partial charge in [0.15, 0.2) is 0 Å². The van der Waals surface area contributed by atoms with E-state index in [4.69, 9.17) is 10.7 Å². The quantitative estimate of drug-likeness (QED) is 0.696. The Labute approximate surface area is 130 Å². The van der Waals surface area contributed by atoms with Crippen molar-refractivity contribution in [3.63, 3.8) is 0 Å². The van der Waals surface area contributed by atoms with E-state index in [0.717, 1.165) is 32.8 Å². The minimum Gasteiger partial charge on any atom is -0.399 e. The van der Waals surface area contributed by atoms with Gasteiger partial charge in [-0.05, 0) is 29.8 Å². The number of hydrogen-bond donors (Lipinski definition) is 1. The largest absolute Gasteiger partial charge is 0.399 e. The first-order valence-electron chi connectivity index (χ1n) is 6.25. The summed E-state index contributed by atoms with van der Waals surface area (Å²) in [4.78, 5) is 4.70. The van der Waals surface area contributed by atoms with Crippen LogP contribution in [-0.4, -0.2) is 4.98 Å². The third kappa shape index (κ3) is 3.08. The number of anilines is 1. The first-order chi connectivity index (χ1) is 9.70. The number of rotatable bonds is 3. The van der Waals surface area contributed by atoms with Crippen molar-refractivity contribution in [3.8, 4) is 11.3 Å². The topological polar surface area (TPSA) is 38.9 Å². The van der Waals surface area contributed by atoms with Gasteiger partial charge >= 0.3 is 0 Å². The summed E-state index contributed by atoms with van der Waals surface area (Å²) in [7, 11) is 0. The second kappa shape index (κ2) is 5.77. The first kappa shape index (κ1) is 13.3. The zero-order chi connectivity index (χ0) is 13.9. The van der Waals surface area contributed by atoms with Gasteiger partial charge in [-0.25, -0.2) is 4.98 Å². The Morgan fingerprint density at radius 2 is 1.90 bits per heavy atom. The maximum Gasteiger partial charge on any atom is 0.0976 e. The van der Waals surface area contributed by atoms with Gasteiger partial charge in [0.05, 0.1) is 10.7 Å². The third-order valence-corrected chi connectivity index (χ3v) is 4.34. The molecule has 20 heavy (non-hydrogen) atoms. The summed E-state index contributed by atoms with van der Waals surface area (Å²) in [6, 6.07) is 16.2. The van der Waals surface area contributed by atoms with Crippen LogP contribution >= 0.6 is 27.3 Å². The zero-order valence-corrected chi connectivity index (χ0v) is 13.1. The van der Waals surface area contributed by atoms with Crippen molar-refractivity contribution < 1.29 is 0 Å². The van der Waals surface area contributed by atoms with E-state index in [1.165, 1.54) is 5.56 Å². The van der Waals surface area contributed by atoms with Crippen LogP contribution in [0.25, 0.3) is 11.3 Å². The number of thiazole rings is 1. The molecule has 3 aromatic rings. The minimum atomic E-state index is 0.776. The van der Waals surface area contributed by atoms with Gasteiger partial charge in [-0.1, -0.05) is 40.2 Å². The average molecular weight is 345 g/mol. The molecule has 0 saturated carbocycles. The van der Waals surface area contributed by atoms with Gasteiger partial charge in [0.25, 0.3) is 0 Å². The van der Waals surface area contributed by atoms with E-state index in [2.05, 4.69) is 33.4 Å². The molecule has 1 aromatic heterocycles. The van der Waals surface area contributed by atoms with Gasteiger partial charge < -0.3 is 5.73 Å². The lowest BCUT2D eigenvalue weighted by molar-refractivity contribution is 1.14. The maximum absolute atomic E-state index is 5.70. The van der Waals surface area contributed by atoms with Crippen LogP contribution in [0.4, 0.5) is 5.69 Å². The Hall–Kier alpha value is -1.65. The number of nitrogen functional groups attached to an aromatic ring is 1. The third-order valence-electron chi connectivity index (χ3n) is 3.00. The lowest BCUT2D eigenvalue weighted by atomic mass is 10.1. The molecule has 0 unspecified atom stereocenters. The number of halogens is 1. The summed E-state index contributed by atoms with van der Waals surface area (Å²) in [6.07, 6.45) is 0.860. The molecule has 0 amide bonds. The summed E-state index contributed by atoms with van der Waals surface area (Å²) in [5.41, 5.74) is 9.86. The highest BCUT2D eigenvalue weighted by atomic mass is 79.9. The fourth-order valence-corrected chi connectivity index (χ4v) is 3.28. The van der Waals surface area contributed by atoms with Crippen molar-refractivity contribution in [3.05, 3.63) is 69.0 Å². The maximum atomic E-state index is 5.70. The molecule has 2 nitrogen and oxygen atoms in total. The summed E-state index contributed by atoms with van der Waals surface area (Å²) in [6.45, 7) is 0. The first-order valence-corrected chi connectivity index (χ1v) is 7.93. The molecule has 100 valence electrons. The molecule has 0 saturated heterocycles. The highest BCUT2D eigenvalue weighted by Gasteiger charge is 2.05. The number of nitrogens with zero attached hydrogens (tertiary/aromatic N) is 1. The highest BCUT2D eigenvalue weighted by molar-refractivity contribution is 9.10. The van der Waals surface area contributed by atoms with Crippen LogP contribution in [0.15, 0.2) is 58.4 Å². The van der Waals surface area contributed by atoms with E-state index in [9.17, 15) is 0 Å². The van der Waals surface area contributed by atoms with Crippen molar-refractivity contribution in [1.82, 2.24) is 4.98 Å². The molecular formula is C16H13BrN2S. The van der Waals surface area contributed by atoms with Crippen LogP contribution < -0.4 is 5.73 Å². The van der Waals surface area contributed by atoms with E-state index in [1.54, 1.807) is 11.3 Å². The molecule has 3 rings (SSSR count). The lowest BCUT2D eigenvalue weighted by Gasteiger charge is -1.99. The lowest BCUT2D eigenvalue weighted by Crippen LogP contribution is -1.88. The van der Waals surface area contributed by atoms with Gasteiger partial charge in [-0.3, -0.25) is 0 Å². The standard InChI is InChI=1S/C16H13BrN2S/c17-13-3-1-2-11(8-13)9-16-19-15(10-20-16)12-4-6-14(18)7-5-12/h1-8,10H,9,18H2. The molecule has 0 atom stereocenters. The second-order valence-electron chi connectivity index (χ2n) is 4.56. The van der Waals surface area contributed by atoms with Gasteiger partial charge in [-0.15, -0.1) is 11.3 Å². The molecule has 0 aliphatic rings. The SMILES string of the molecule is Nc1ccc(-c2csc(Cc3cccc(Br)c3)n2)cc1. The summed E-state index contributed by atoms with van der Waals surface area (Å²) in [5, 5.41) is 3.22. The average Bonchev–Trinajstić information content (AvgIpc) is 2.88. The monoisotopic (exact) mass is 344 g/mol. The molecule has 0 spiro atoms. The fraction of sp³-hybridized carbons (Fsp3) is 0.0625. The van der Waals surface area contributed by atoms with Gasteiger partial charge in [0.2, 0.25) is 0 Å². The van der Waals surface area contributed by atoms with Crippen LogP contribution in [0.2, 0.25) is 0 Å². The van der Waals surface area contributed by atoms with E-state index in [0.29, 0.717) is 0 Å². The van der Waals surface area contributed by atoms with E-state index in [-0.39, 0.29) is 0 Å². The molecule has 0 fully saturated rings. The van der Waals surface area contributed by atoms with Gasteiger partial charge in [0.1, 0.15) is 0 Å². The van der Waals surface area contributed by atoms with Crippen LogP contribution in [0.3, 0.4) is 0 Å². The zero-order valence-electron chi connectivity index (χ0n) is 10.7. The normalized spacial score (nSPS) is 10.7. The minimum absolute atomic E-state index is 0.776. The second-order valence-corrected chi connectivity index (χ2v) is 6.41. The Morgan fingerprint density at radius 3 is 2.65 bits per heavy atom. The number of benzene rings is 2. The Kier molecular flexibility index (Phi) is 3.85. The molecule has 0 bridgehead atoms. The predicted molar refractivity (Wildman–Crippen MR) is 88.9 cm³/mol. The van der Waals surface area contributed by atoms with Gasteiger partial charge in [0, 0.05) is 27.5 Å². The Bertz CT molecular complexity index is 719. The molecular weight excluding hydrogens is 332 g/mol. The number of hydrogen-bond acceptors (Lipinski definition) is 3. The van der Waals surface area contributed by atoms with Crippen molar-refractivity contribution in [2.45, 2.75) is 6.42 Å². The molecule has 0 aliphatic carbocycles. The van der Waals surface area contributed by atoms with Crippen molar-refractivity contribution in [1.29, 1.82) is 0 Å². The molecule has 4 heteroatoms. The van der Waals surface area contributed by atoms with E-state index < -0.39 is 0 Å². The van der Waals surface area contributed by atoms with E-state index >= 15 is 0 Å². The molecule has 0 aliphatic heterocycles. The van der Waals surface area contributed by atoms with Crippen LogP contribution in [-0.2, 0) is 6.42 Å². The summed E-state index contributed by atoms with van der Waals surface area (Å²) < 4.78 is 1.10. The predicted octanol–water partition coefficient (Wildman–Crippen LogP) is 4.75. The highest BCUT2D eigenvalue weighted by Crippen LogP contribution is 2.24.